The number of benzene rings is 1. The highest BCUT2D eigenvalue weighted by Crippen LogP contribution is 2.36. The van der Waals surface area contributed by atoms with Crippen LogP contribution in [0.2, 0.25) is 0 Å². The smallest absolute Gasteiger partial charge is 0.230 e. The molecule has 18 heavy (non-hydrogen) atoms. The Kier molecular flexibility index (Phi) is 2.82. The van der Waals surface area contributed by atoms with E-state index < -0.39 is 0 Å². The van der Waals surface area contributed by atoms with Crippen molar-refractivity contribution in [1.29, 1.82) is 0 Å². The fourth-order valence-electron chi connectivity index (χ4n) is 2.76. The third-order valence-corrected chi connectivity index (χ3v) is 3.71. The fourth-order valence-corrected chi connectivity index (χ4v) is 2.76. The first-order valence-electron chi connectivity index (χ1n) is 6.45. The molecule has 1 aliphatic carbocycles. The fraction of sp³-hybridized carbons (Fsp3) is 0.400. The topological polar surface area (TPSA) is 29.3 Å². The SMILES string of the molecule is CN(C)c1onc2c1CCC(c1ccccc1)C2. The van der Waals surface area contributed by atoms with E-state index in [1.165, 1.54) is 17.5 Å². The van der Waals surface area contributed by atoms with Crippen molar-refractivity contribution in [2.45, 2.75) is 25.2 Å². The van der Waals surface area contributed by atoms with Gasteiger partial charge in [-0.15, -0.1) is 0 Å². The van der Waals surface area contributed by atoms with Gasteiger partial charge in [-0.1, -0.05) is 35.5 Å². The first kappa shape index (κ1) is 11.3. The van der Waals surface area contributed by atoms with Crippen LogP contribution < -0.4 is 4.90 Å². The molecule has 0 saturated heterocycles. The third-order valence-electron chi connectivity index (χ3n) is 3.71. The lowest BCUT2D eigenvalue weighted by atomic mass is 9.83. The predicted molar refractivity (Wildman–Crippen MR) is 72.0 cm³/mol. The second-order valence-electron chi connectivity index (χ2n) is 5.16. The first-order chi connectivity index (χ1) is 8.75. The zero-order valence-electron chi connectivity index (χ0n) is 10.9. The summed E-state index contributed by atoms with van der Waals surface area (Å²) in [6.07, 6.45) is 3.24. The molecule has 3 rings (SSSR count). The highest BCUT2D eigenvalue weighted by Gasteiger charge is 2.26. The van der Waals surface area contributed by atoms with Crippen LogP contribution in [0.25, 0.3) is 0 Å². The summed E-state index contributed by atoms with van der Waals surface area (Å²) in [5.74, 6) is 1.51. The van der Waals surface area contributed by atoms with Crippen molar-refractivity contribution in [2.75, 3.05) is 19.0 Å². The molecule has 0 bridgehead atoms. The van der Waals surface area contributed by atoms with Crippen LogP contribution in [-0.4, -0.2) is 19.3 Å². The number of aromatic nitrogens is 1. The van der Waals surface area contributed by atoms with E-state index in [0.717, 1.165) is 24.4 Å². The summed E-state index contributed by atoms with van der Waals surface area (Å²) in [4.78, 5) is 2.01. The highest BCUT2D eigenvalue weighted by atomic mass is 16.5. The van der Waals surface area contributed by atoms with Crippen LogP contribution in [0.3, 0.4) is 0 Å². The summed E-state index contributed by atoms with van der Waals surface area (Å²) in [5.41, 5.74) is 3.85. The Morgan fingerprint density at radius 3 is 2.72 bits per heavy atom. The number of hydrogen-bond donors (Lipinski definition) is 0. The summed E-state index contributed by atoms with van der Waals surface area (Å²) in [6, 6.07) is 10.7. The molecule has 3 heteroatoms. The minimum Gasteiger partial charge on any atom is -0.347 e. The lowest BCUT2D eigenvalue weighted by molar-refractivity contribution is 0.413. The Morgan fingerprint density at radius 2 is 2.00 bits per heavy atom. The van der Waals surface area contributed by atoms with Crippen molar-refractivity contribution in [2.24, 2.45) is 0 Å². The second-order valence-corrected chi connectivity index (χ2v) is 5.16. The van der Waals surface area contributed by atoms with Crippen LogP contribution in [0, 0.1) is 0 Å². The summed E-state index contributed by atoms with van der Waals surface area (Å²) in [5, 5.41) is 4.24. The van der Waals surface area contributed by atoms with Crippen molar-refractivity contribution in [3.63, 3.8) is 0 Å². The molecule has 0 radical (unpaired) electrons. The molecule has 1 heterocycles. The molecule has 0 amide bonds. The van der Waals surface area contributed by atoms with Crippen molar-refractivity contribution in [3.05, 3.63) is 47.2 Å². The zero-order chi connectivity index (χ0) is 12.5. The third kappa shape index (κ3) is 1.90. The molecule has 94 valence electrons. The average molecular weight is 242 g/mol. The molecule has 0 fully saturated rings. The maximum atomic E-state index is 5.44. The maximum Gasteiger partial charge on any atom is 0.230 e. The van der Waals surface area contributed by atoms with Gasteiger partial charge in [0.05, 0.1) is 5.69 Å². The van der Waals surface area contributed by atoms with Crippen LogP contribution in [0.15, 0.2) is 34.9 Å². The number of fused-ring (bicyclic) bond motifs is 1. The second kappa shape index (κ2) is 4.48. The Morgan fingerprint density at radius 1 is 1.22 bits per heavy atom. The van der Waals surface area contributed by atoms with E-state index in [1.54, 1.807) is 0 Å². The van der Waals surface area contributed by atoms with Crippen molar-refractivity contribution < 1.29 is 4.52 Å². The predicted octanol–water partition coefficient (Wildman–Crippen LogP) is 3.01. The normalized spacial score (nSPS) is 18.4. The molecule has 1 aliphatic rings. The monoisotopic (exact) mass is 242 g/mol. The molecule has 0 N–H and O–H groups in total. The van der Waals surface area contributed by atoms with E-state index in [1.807, 2.05) is 19.0 Å². The van der Waals surface area contributed by atoms with Gasteiger partial charge in [-0.3, -0.25) is 0 Å². The lowest BCUT2D eigenvalue weighted by Gasteiger charge is -2.22. The largest absolute Gasteiger partial charge is 0.347 e. The first-order valence-corrected chi connectivity index (χ1v) is 6.45. The van der Waals surface area contributed by atoms with Crippen molar-refractivity contribution >= 4 is 5.88 Å². The molecule has 1 aromatic carbocycles. The quantitative estimate of drug-likeness (QED) is 0.810. The molecule has 2 aromatic rings. The van der Waals surface area contributed by atoms with Crippen LogP contribution in [0.4, 0.5) is 5.88 Å². The summed E-state index contributed by atoms with van der Waals surface area (Å²) in [7, 11) is 4.01. The van der Waals surface area contributed by atoms with E-state index >= 15 is 0 Å². The van der Waals surface area contributed by atoms with Crippen molar-refractivity contribution in [3.8, 4) is 0 Å². The van der Waals surface area contributed by atoms with E-state index in [4.69, 9.17) is 4.52 Å². The summed E-state index contributed by atoms with van der Waals surface area (Å²) in [6.45, 7) is 0. The van der Waals surface area contributed by atoms with E-state index in [-0.39, 0.29) is 0 Å². The van der Waals surface area contributed by atoms with Gasteiger partial charge in [-0.2, -0.15) is 0 Å². The number of anilines is 1. The van der Waals surface area contributed by atoms with Crippen LogP contribution >= 0.6 is 0 Å². The maximum absolute atomic E-state index is 5.44. The Balaban J connectivity index is 1.86. The molecule has 1 unspecified atom stereocenters. The van der Waals surface area contributed by atoms with Gasteiger partial charge in [0.15, 0.2) is 0 Å². The summed E-state index contributed by atoms with van der Waals surface area (Å²) < 4.78 is 5.44. The molecule has 0 spiro atoms. The van der Waals surface area contributed by atoms with Gasteiger partial charge in [-0.05, 0) is 24.3 Å². The van der Waals surface area contributed by atoms with Gasteiger partial charge < -0.3 is 9.42 Å². The number of hydrogen-bond acceptors (Lipinski definition) is 3. The van der Waals surface area contributed by atoms with Gasteiger partial charge in [0.25, 0.3) is 0 Å². The molecule has 1 aromatic heterocycles. The Labute approximate surface area is 107 Å². The molecule has 0 saturated carbocycles. The van der Waals surface area contributed by atoms with Gasteiger partial charge in [-0.25, -0.2) is 0 Å². The minimum absolute atomic E-state index is 0.582. The summed E-state index contributed by atoms with van der Waals surface area (Å²) >= 11 is 0. The minimum atomic E-state index is 0.582. The van der Waals surface area contributed by atoms with Crippen LogP contribution in [0.1, 0.15) is 29.2 Å². The average Bonchev–Trinajstić information content (AvgIpc) is 2.82. The number of rotatable bonds is 2. The Bertz CT molecular complexity index is 531. The molecular formula is C15H18N2O. The van der Waals surface area contributed by atoms with Gasteiger partial charge in [0, 0.05) is 26.1 Å². The van der Waals surface area contributed by atoms with Gasteiger partial charge >= 0.3 is 0 Å². The van der Waals surface area contributed by atoms with Gasteiger partial charge in [0.2, 0.25) is 5.88 Å². The van der Waals surface area contributed by atoms with Crippen LogP contribution in [-0.2, 0) is 12.8 Å². The number of nitrogens with zero attached hydrogens (tertiary/aromatic N) is 2. The lowest BCUT2D eigenvalue weighted by Crippen LogP contribution is -2.15. The Hall–Kier alpha value is -1.77. The van der Waals surface area contributed by atoms with Crippen molar-refractivity contribution in [1.82, 2.24) is 5.16 Å². The van der Waals surface area contributed by atoms with E-state index in [2.05, 4.69) is 35.5 Å². The molecule has 0 aliphatic heterocycles. The van der Waals surface area contributed by atoms with Gasteiger partial charge in [0.1, 0.15) is 0 Å². The van der Waals surface area contributed by atoms with Crippen LogP contribution in [0.5, 0.6) is 0 Å². The highest BCUT2D eigenvalue weighted by molar-refractivity contribution is 5.47. The molecular weight excluding hydrogens is 224 g/mol. The standard InChI is InChI=1S/C15H18N2O/c1-17(2)15-13-9-8-12(10-14(13)16-18-15)11-6-4-3-5-7-11/h3-7,12H,8-10H2,1-2H3. The molecule has 3 nitrogen and oxygen atoms in total. The van der Waals surface area contributed by atoms with E-state index in [9.17, 15) is 0 Å². The van der Waals surface area contributed by atoms with E-state index in [0.29, 0.717) is 5.92 Å². The zero-order valence-corrected chi connectivity index (χ0v) is 10.9. The molecule has 1 atom stereocenters.